The van der Waals surface area contributed by atoms with Crippen LogP contribution in [0.2, 0.25) is 10.0 Å². The maximum Gasteiger partial charge on any atom is 0.257 e. The van der Waals surface area contributed by atoms with E-state index in [1.165, 1.54) is 84.6 Å². The van der Waals surface area contributed by atoms with E-state index in [1.54, 1.807) is 36.4 Å². The van der Waals surface area contributed by atoms with Crippen LogP contribution in [-0.2, 0) is 59.4 Å². The zero-order chi connectivity index (χ0) is 61.4. The van der Waals surface area contributed by atoms with Gasteiger partial charge in [-0.15, -0.1) is 0 Å². The summed E-state index contributed by atoms with van der Waals surface area (Å²) in [6, 6.07) is 27.5. The van der Waals surface area contributed by atoms with Crippen molar-refractivity contribution in [1.82, 2.24) is 19.8 Å². The Labute approximate surface area is 502 Å². The topological polar surface area (TPSA) is 221 Å². The summed E-state index contributed by atoms with van der Waals surface area (Å²) < 4.78 is 108. The van der Waals surface area contributed by atoms with E-state index >= 15 is 17.6 Å². The number of ether oxygens (including phenoxy) is 5. The maximum absolute atomic E-state index is 16.7. The average molecular weight is 1230 g/mol. The lowest BCUT2D eigenvalue weighted by atomic mass is 9.75. The molecule has 3 N–H and O–H groups in total. The average Bonchev–Trinajstić information content (AvgIpc) is 1.55. The van der Waals surface area contributed by atoms with E-state index in [4.69, 9.17) is 46.9 Å². The van der Waals surface area contributed by atoms with Gasteiger partial charge in [0.2, 0.25) is 5.72 Å². The molecule has 5 aliphatic heterocycles. The van der Waals surface area contributed by atoms with E-state index in [1.807, 2.05) is 12.1 Å². The molecule has 16 nitrogen and oxygen atoms in total. The van der Waals surface area contributed by atoms with Crippen LogP contribution in [0.5, 0.6) is 0 Å². The van der Waals surface area contributed by atoms with Gasteiger partial charge >= 0.3 is 0 Å². The van der Waals surface area contributed by atoms with Crippen LogP contribution in [-0.4, -0.2) is 123 Å². The molecule has 3 saturated heterocycles. The minimum absolute atomic E-state index is 0.0557. The Hall–Kier alpha value is -6.99. The van der Waals surface area contributed by atoms with Crippen molar-refractivity contribution in [3.8, 4) is 12.1 Å². The zero-order valence-electron chi connectivity index (χ0n) is 46.7. The second-order valence-electron chi connectivity index (χ2n) is 22.2. The van der Waals surface area contributed by atoms with Crippen molar-refractivity contribution in [2.24, 2.45) is 0 Å². The van der Waals surface area contributed by atoms with Crippen LogP contribution in [0.25, 0.3) is 0 Å². The number of hydrogen-bond donors (Lipinski definition) is 3. The molecular formula is C63H59Cl2F5N6O10. The van der Waals surface area contributed by atoms with Crippen molar-refractivity contribution in [1.29, 1.82) is 10.5 Å². The Bertz CT molecular complexity index is 3580. The van der Waals surface area contributed by atoms with Gasteiger partial charge in [0.1, 0.15) is 59.1 Å². The molecule has 0 saturated carbocycles. The van der Waals surface area contributed by atoms with E-state index < -0.39 is 82.9 Å². The minimum atomic E-state index is -2.19. The monoisotopic (exact) mass is 1220 g/mol. The van der Waals surface area contributed by atoms with E-state index in [0.29, 0.717) is 45.6 Å². The predicted molar refractivity (Wildman–Crippen MR) is 300 cm³/mol. The summed E-state index contributed by atoms with van der Waals surface area (Å²) in [5.74, 6) is -3.16. The molecule has 0 spiro atoms. The fourth-order valence-corrected chi connectivity index (χ4v) is 12.1. The third-order valence-corrected chi connectivity index (χ3v) is 17.4. The first-order valence-corrected chi connectivity index (χ1v) is 28.5. The van der Waals surface area contributed by atoms with Crippen LogP contribution in [0.3, 0.4) is 0 Å². The van der Waals surface area contributed by atoms with Crippen molar-refractivity contribution >= 4 is 35.0 Å². The van der Waals surface area contributed by atoms with Gasteiger partial charge in [0.25, 0.3) is 11.8 Å². The molecule has 3 fully saturated rings. The number of aromatic nitrogens is 2. The number of aliphatic hydroxyl groups excluding tert-OH is 1. The molecular weight excluding hydrogens is 1170 g/mol. The predicted octanol–water partition coefficient (Wildman–Crippen LogP) is 9.81. The van der Waals surface area contributed by atoms with Gasteiger partial charge in [-0.05, 0) is 104 Å². The Balaban J connectivity index is 0.000000191. The van der Waals surface area contributed by atoms with E-state index in [0.717, 1.165) is 12.1 Å². The van der Waals surface area contributed by atoms with Gasteiger partial charge in [-0.3, -0.25) is 29.4 Å². The number of fused-ring (bicyclic) bond motifs is 2. The molecule has 5 aliphatic rings. The quantitative estimate of drug-likeness (QED) is 0.0768. The molecule has 7 heterocycles. The third-order valence-electron chi connectivity index (χ3n) is 16.9. The molecule has 2 aromatic heterocycles. The molecule has 6 aromatic rings. The summed E-state index contributed by atoms with van der Waals surface area (Å²) in [5.41, 5.74) is -11.2. The number of alkyl halides is 3. The highest BCUT2D eigenvalue weighted by Gasteiger charge is 2.59. The highest BCUT2D eigenvalue weighted by Crippen LogP contribution is 2.53. The largest absolute Gasteiger partial charge is 0.388 e. The maximum atomic E-state index is 16.7. The second kappa shape index (κ2) is 24.6. The Morgan fingerprint density at radius 1 is 0.674 bits per heavy atom. The van der Waals surface area contributed by atoms with Crippen molar-refractivity contribution in [2.45, 2.75) is 105 Å². The number of aliphatic hydroxyl groups is 3. The van der Waals surface area contributed by atoms with Crippen LogP contribution in [0.1, 0.15) is 123 Å². The van der Waals surface area contributed by atoms with Gasteiger partial charge in [-0.1, -0.05) is 47.5 Å². The fourth-order valence-electron chi connectivity index (χ4n) is 11.9. The number of amides is 2. The standard InChI is InChI=1S/C32H30ClF2N3O5.C31H29ClF3N3O5/c1-30(40,31(35)9-12-41-13-10-31)22-14-26-28(27(34)15-22)32(43-25-8-11-42-19-25,21-3-5-23(33)6-4-21)38(29(26)39)18-24-7-2-20(16-36)17-37-24;1-29(41,30(35)8-10-42-11-9-30)21-12-25-27(26(34)13-21)31(43-18-24(39)14-33,20-3-5-22(32)6-4-20)38(28(25)40)17-23-7-2-19(15-36)16-37-23/h2-7,14-15,17,25,40H,8-13,18-19H2,1H3;2-7,12-13,16,24,39,41H,8-11,14,17-18H2,1H3/t25-,30?,32-;24-,29?,31-/m01/s1. The number of halogens is 7. The van der Waals surface area contributed by atoms with E-state index in [9.17, 15) is 39.8 Å². The Morgan fingerprint density at radius 2 is 1.10 bits per heavy atom. The van der Waals surface area contributed by atoms with E-state index in [2.05, 4.69) is 9.97 Å². The molecule has 23 heteroatoms. The molecule has 6 atom stereocenters. The van der Waals surface area contributed by atoms with Gasteiger partial charge in [0.15, 0.2) is 5.72 Å². The molecule has 11 rings (SSSR count). The van der Waals surface area contributed by atoms with Crippen molar-refractivity contribution < 1.29 is 70.5 Å². The number of pyridine rings is 2. The van der Waals surface area contributed by atoms with Crippen molar-refractivity contribution in [3.05, 3.63) is 198 Å². The minimum Gasteiger partial charge on any atom is -0.388 e. The summed E-state index contributed by atoms with van der Waals surface area (Å²) in [5, 5.41) is 52.3. The number of hydrogen-bond acceptors (Lipinski definition) is 14. The first-order valence-electron chi connectivity index (χ1n) is 27.7. The van der Waals surface area contributed by atoms with Gasteiger partial charge in [0, 0.05) is 92.3 Å². The molecule has 2 unspecified atom stereocenters. The number of rotatable bonds is 16. The van der Waals surface area contributed by atoms with Crippen molar-refractivity contribution in [3.63, 3.8) is 0 Å². The molecule has 450 valence electrons. The summed E-state index contributed by atoms with van der Waals surface area (Å²) in [6.45, 7) is 1.40. The van der Waals surface area contributed by atoms with Crippen LogP contribution in [0.4, 0.5) is 22.0 Å². The summed E-state index contributed by atoms with van der Waals surface area (Å²) in [4.78, 5) is 39.8. The summed E-state index contributed by atoms with van der Waals surface area (Å²) >= 11 is 12.4. The smallest absolute Gasteiger partial charge is 0.257 e. The van der Waals surface area contributed by atoms with Crippen LogP contribution < -0.4 is 0 Å². The number of carbonyl (C=O) groups is 2. The normalized spacial score (nSPS) is 23.0. The van der Waals surface area contributed by atoms with Crippen LogP contribution in [0.15, 0.2) is 109 Å². The van der Waals surface area contributed by atoms with E-state index in [-0.39, 0.29) is 116 Å². The van der Waals surface area contributed by atoms with Gasteiger partial charge in [-0.25, -0.2) is 22.0 Å². The molecule has 4 aromatic carbocycles. The van der Waals surface area contributed by atoms with Gasteiger partial charge in [-0.2, -0.15) is 10.5 Å². The van der Waals surface area contributed by atoms with Gasteiger partial charge < -0.3 is 39.0 Å². The second-order valence-corrected chi connectivity index (χ2v) is 23.0. The molecule has 0 bridgehead atoms. The Kier molecular flexibility index (Phi) is 17.8. The molecule has 0 aliphatic carbocycles. The third kappa shape index (κ3) is 11.2. The Morgan fingerprint density at radius 3 is 1.50 bits per heavy atom. The van der Waals surface area contributed by atoms with Crippen LogP contribution >= 0.6 is 23.2 Å². The summed E-state index contributed by atoms with van der Waals surface area (Å²) in [7, 11) is 0. The lowest BCUT2D eigenvalue weighted by Gasteiger charge is -2.42. The number of nitriles is 2. The summed E-state index contributed by atoms with van der Waals surface area (Å²) in [6.07, 6.45) is 0.706. The number of carbonyl (C=O) groups excluding carboxylic acids is 2. The highest BCUT2D eigenvalue weighted by atomic mass is 35.5. The molecule has 0 radical (unpaired) electrons. The molecule has 86 heavy (non-hydrogen) atoms. The SMILES string of the molecule is CC(O)(c1cc(F)c2c(c1)C(=O)N(Cc1ccc(C#N)cn1)[C@@]2(OC[C@H](O)CF)c1ccc(Cl)cc1)C1(F)CCOCC1.CC(O)(c1cc(F)c2c(c1)C(=O)N(Cc1ccc(C#N)cn1)[C@]2(O[C@H]1CCOC1)c1ccc(Cl)cc1)C1(F)CCOCC1. The van der Waals surface area contributed by atoms with Crippen LogP contribution in [0, 0.1) is 34.3 Å². The lowest BCUT2D eigenvalue weighted by Crippen LogP contribution is -2.50. The number of benzene rings is 4. The fraction of sp³-hybridized carbons (Fsp3) is 0.397. The number of nitrogens with zero attached hydrogens (tertiary/aromatic N) is 6. The van der Waals surface area contributed by atoms with Crippen molar-refractivity contribution in [2.75, 3.05) is 52.9 Å². The zero-order valence-corrected chi connectivity index (χ0v) is 48.2. The van der Waals surface area contributed by atoms with Gasteiger partial charge in [0.05, 0.1) is 77.2 Å². The molecule has 2 amide bonds. The first kappa shape index (κ1) is 62.1. The highest BCUT2D eigenvalue weighted by molar-refractivity contribution is 6.30. The first-order chi connectivity index (χ1) is 41.0. The lowest BCUT2D eigenvalue weighted by molar-refractivity contribution is -0.149.